The third kappa shape index (κ3) is 4.28. The summed E-state index contributed by atoms with van der Waals surface area (Å²) in [6, 6.07) is 8.11. The van der Waals surface area contributed by atoms with Crippen molar-refractivity contribution in [3.05, 3.63) is 47.8 Å². The lowest BCUT2D eigenvalue weighted by Gasteiger charge is -2.11. The van der Waals surface area contributed by atoms with Crippen LogP contribution in [0.1, 0.15) is 43.1 Å². The van der Waals surface area contributed by atoms with Crippen molar-refractivity contribution in [2.24, 2.45) is 0 Å². The molecular formula is C17H22N4O. The van der Waals surface area contributed by atoms with Crippen LogP contribution in [0.2, 0.25) is 0 Å². The van der Waals surface area contributed by atoms with Gasteiger partial charge in [0.15, 0.2) is 0 Å². The van der Waals surface area contributed by atoms with E-state index in [0.717, 1.165) is 18.5 Å². The maximum absolute atomic E-state index is 12.1. The Morgan fingerprint density at radius 2 is 1.77 bits per heavy atom. The van der Waals surface area contributed by atoms with E-state index in [2.05, 4.69) is 41.4 Å². The predicted molar refractivity (Wildman–Crippen MR) is 89.2 cm³/mol. The fourth-order valence-corrected chi connectivity index (χ4v) is 1.87. The van der Waals surface area contributed by atoms with Gasteiger partial charge in [0.05, 0.1) is 5.56 Å². The highest BCUT2D eigenvalue weighted by molar-refractivity contribution is 6.03. The SMILES string of the molecule is CCc1ccc(NC(=O)c2cnc(NC(C)CC)nc2)cc1. The maximum atomic E-state index is 12.1. The van der Waals surface area contributed by atoms with E-state index < -0.39 is 0 Å². The molecule has 1 unspecified atom stereocenters. The normalized spacial score (nSPS) is 11.8. The minimum absolute atomic E-state index is 0.209. The molecule has 2 aromatic rings. The Balaban J connectivity index is 1.99. The molecular weight excluding hydrogens is 276 g/mol. The van der Waals surface area contributed by atoms with Crippen molar-refractivity contribution in [2.45, 2.75) is 39.7 Å². The van der Waals surface area contributed by atoms with Crippen LogP contribution in [0.5, 0.6) is 0 Å². The quantitative estimate of drug-likeness (QED) is 0.856. The summed E-state index contributed by atoms with van der Waals surface area (Å²) in [6.07, 6.45) is 5.03. The van der Waals surface area contributed by atoms with Crippen LogP contribution in [-0.2, 0) is 6.42 Å². The average molecular weight is 298 g/mol. The highest BCUT2D eigenvalue weighted by Gasteiger charge is 2.08. The third-order valence-corrected chi connectivity index (χ3v) is 3.52. The lowest BCUT2D eigenvalue weighted by atomic mass is 10.1. The topological polar surface area (TPSA) is 66.9 Å². The second-order valence-corrected chi connectivity index (χ2v) is 5.25. The Labute approximate surface area is 131 Å². The first-order valence-electron chi connectivity index (χ1n) is 7.61. The highest BCUT2D eigenvalue weighted by atomic mass is 16.1. The molecule has 116 valence electrons. The van der Waals surface area contributed by atoms with Gasteiger partial charge in [-0.1, -0.05) is 26.0 Å². The molecule has 0 saturated heterocycles. The second kappa shape index (κ2) is 7.54. The molecule has 0 fully saturated rings. The number of anilines is 2. The smallest absolute Gasteiger partial charge is 0.258 e. The zero-order valence-corrected chi connectivity index (χ0v) is 13.3. The fourth-order valence-electron chi connectivity index (χ4n) is 1.87. The van der Waals surface area contributed by atoms with Crippen molar-refractivity contribution in [3.8, 4) is 0 Å². The first kappa shape index (κ1) is 15.9. The summed E-state index contributed by atoms with van der Waals surface area (Å²) in [5.74, 6) is 0.331. The van der Waals surface area contributed by atoms with Gasteiger partial charge in [-0.05, 0) is 37.5 Å². The molecule has 0 aliphatic heterocycles. The molecule has 0 saturated carbocycles. The van der Waals surface area contributed by atoms with Crippen LogP contribution in [0.25, 0.3) is 0 Å². The fraction of sp³-hybridized carbons (Fsp3) is 0.353. The number of carbonyl (C=O) groups is 1. The number of aromatic nitrogens is 2. The number of hydrogen-bond acceptors (Lipinski definition) is 4. The van der Waals surface area contributed by atoms with E-state index in [1.54, 1.807) is 0 Å². The van der Waals surface area contributed by atoms with Gasteiger partial charge in [-0.25, -0.2) is 9.97 Å². The van der Waals surface area contributed by atoms with Gasteiger partial charge < -0.3 is 10.6 Å². The van der Waals surface area contributed by atoms with Gasteiger partial charge in [0.25, 0.3) is 5.91 Å². The second-order valence-electron chi connectivity index (χ2n) is 5.25. The van der Waals surface area contributed by atoms with Crippen LogP contribution in [-0.4, -0.2) is 21.9 Å². The van der Waals surface area contributed by atoms with Crippen LogP contribution in [0.15, 0.2) is 36.7 Å². The number of rotatable bonds is 6. The maximum Gasteiger partial charge on any atom is 0.258 e. The van der Waals surface area contributed by atoms with Crippen LogP contribution in [0.3, 0.4) is 0 Å². The lowest BCUT2D eigenvalue weighted by molar-refractivity contribution is 0.102. The summed E-state index contributed by atoms with van der Waals surface area (Å²) in [5, 5.41) is 6.01. The summed E-state index contributed by atoms with van der Waals surface area (Å²) in [7, 11) is 0. The van der Waals surface area contributed by atoms with Crippen LogP contribution < -0.4 is 10.6 Å². The number of benzene rings is 1. The molecule has 5 heteroatoms. The molecule has 5 nitrogen and oxygen atoms in total. The number of carbonyl (C=O) groups excluding carboxylic acids is 1. The molecule has 1 atom stereocenters. The van der Waals surface area contributed by atoms with Gasteiger partial charge in [0, 0.05) is 24.1 Å². The van der Waals surface area contributed by atoms with Gasteiger partial charge >= 0.3 is 0 Å². The van der Waals surface area contributed by atoms with Crippen molar-refractivity contribution in [2.75, 3.05) is 10.6 Å². The van der Waals surface area contributed by atoms with Crippen molar-refractivity contribution in [1.82, 2.24) is 9.97 Å². The number of nitrogens with zero attached hydrogens (tertiary/aromatic N) is 2. The van der Waals surface area contributed by atoms with Gasteiger partial charge in [-0.3, -0.25) is 4.79 Å². The van der Waals surface area contributed by atoms with E-state index >= 15 is 0 Å². The molecule has 1 heterocycles. The third-order valence-electron chi connectivity index (χ3n) is 3.52. The minimum atomic E-state index is -0.209. The largest absolute Gasteiger partial charge is 0.352 e. The van der Waals surface area contributed by atoms with E-state index in [0.29, 0.717) is 17.6 Å². The van der Waals surface area contributed by atoms with E-state index in [9.17, 15) is 4.79 Å². The Kier molecular flexibility index (Phi) is 5.47. The zero-order valence-electron chi connectivity index (χ0n) is 13.3. The Morgan fingerprint density at radius 3 is 2.32 bits per heavy atom. The summed E-state index contributed by atoms with van der Waals surface area (Å²) < 4.78 is 0. The van der Waals surface area contributed by atoms with E-state index in [1.165, 1.54) is 18.0 Å². The summed E-state index contributed by atoms with van der Waals surface area (Å²) in [5.41, 5.74) is 2.44. The van der Waals surface area contributed by atoms with E-state index in [1.807, 2.05) is 24.3 Å². The number of hydrogen-bond donors (Lipinski definition) is 2. The summed E-state index contributed by atoms with van der Waals surface area (Å²) in [4.78, 5) is 20.5. The monoisotopic (exact) mass is 298 g/mol. The van der Waals surface area contributed by atoms with Crippen molar-refractivity contribution < 1.29 is 4.79 Å². The van der Waals surface area contributed by atoms with Crippen molar-refractivity contribution in [3.63, 3.8) is 0 Å². The Hall–Kier alpha value is -2.43. The summed E-state index contributed by atoms with van der Waals surface area (Å²) >= 11 is 0. The van der Waals surface area contributed by atoms with Gasteiger partial charge in [0.2, 0.25) is 5.95 Å². The van der Waals surface area contributed by atoms with Crippen molar-refractivity contribution in [1.29, 1.82) is 0 Å². The number of nitrogens with one attached hydrogen (secondary N) is 2. The molecule has 1 amide bonds. The van der Waals surface area contributed by atoms with Crippen molar-refractivity contribution >= 4 is 17.5 Å². The first-order valence-corrected chi connectivity index (χ1v) is 7.61. The number of amides is 1. The number of aryl methyl sites for hydroxylation is 1. The molecule has 1 aromatic carbocycles. The predicted octanol–water partition coefficient (Wildman–Crippen LogP) is 3.50. The minimum Gasteiger partial charge on any atom is -0.352 e. The molecule has 0 aliphatic carbocycles. The van der Waals surface area contributed by atoms with E-state index in [4.69, 9.17) is 0 Å². The van der Waals surface area contributed by atoms with Crippen LogP contribution in [0, 0.1) is 0 Å². The molecule has 22 heavy (non-hydrogen) atoms. The molecule has 1 aromatic heterocycles. The molecule has 0 radical (unpaired) electrons. The molecule has 2 N–H and O–H groups in total. The van der Waals surface area contributed by atoms with Gasteiger partial charge in [-0.15, -0.1) is 0 Å². The molecule has 0 spiro atoms. The van der Waals surface area contributed by atoms with Crippen LogP contribution >= 0.6 is 0 Å². The highest BCUT2D eigenvalue weighted by Crippen LogP contribution is 2.12. The molecule has 0 bridgehead atoms. The van der Waals surface area contributed by atoms with Gasteiger partial charge in [0.1, 0.15) is 0 Å². The Bertz CT molecular complexity index is 608. The summed E-state index contributed by atoms with van der Waals surface area (Å²) in [6.45, 7) is 6.24. The Morgan fingerprint density at radius 1 is 1.14 bits per heavy atom. The average Bonchev–Trinajstić information content (AvgIpc) is 2.56. The van der Waals surface area contributed by atoms with Crippen LogP contribution in [0.4, 0.5) is 11.6 Å². The zero-order chi connectivity index (χ0) is 15.9. The van der Waals surface area contributed by atoms with E-state index in [-0.39, 0.29) is 5.91 Å². The molecule has 2 rings (SSSR count). The van der Waals surface area contributed by atoms with Gasteiger partial charge in [-0.2, -0.15) is 0 Å². The molecule has 0 aliphatic rings. The lowest BCUT2D eigenvalue weighted by Crippen LogP contribution is -2.17. The first-order chi connectivity index (χ1) is 10.6. The standard InChI is InChI=1S/C17H22N4O/c1-4-12(3)20-17-18-10-14(11-19-17)16(22)21-15-8-6-13(5-2)7-9-15/h6-12H,4-5H2,1-3H3,(H,21,22)(H,18,19,20).